The lowest BCUT2D eigenvalue weighted by Gasteiger charge is -2.18. The number of aldehydes is 2. The Hall–Kier alpha value is -1.92. The third-order valence-electron chi connectivity index (χ3n) is 2.76. The summed E-state index contributed by atoms with van der Waals surface area (Å²) in [7, 11) is 1.44. The number of carbonyl (C=O) groups excluding carboxylic acids is 2. The minimum absolute atomic E-state index is 0.142. The van der Waals surface area contributed by atoms with Crippen LogP contribution in [-0.2, 0) is 4.79 Å². The van der Waals surface area contributed by atoms with Gasteiger partial charge in [0.2, 0.25) is 0 Å². The summed E-state index contributed by atoms with van der Waals surface area (Å²) in [6.07, 6.45) is -0.418. The zero-order valence-electron chi connectivity index (χ0n) is 11.2. The Bertz CT molecular complexity index is 445. The third kappa shape index (κ3) is 4.64. The average molecular weight is 282 g/mol. The molecule has 0 fully saturated rings. The molecule has 0 spiro atoms. The lowest BCUT2D eigenvalue weighted by atomic mass is 10.1. The molecule has 6 heteroatoms. The Morgan fingerprint density at radius 1 is 1.20 bits per heavy atom. The zero-order valence-corrected chi connectivity index (χ0v) is 11.2. The molecule has 6 nitrogen and oxygen atoms in total. The molecule has 20 heavy (non-hydrogen) atoms. The molecule has 0 aliphatic carbocycles. The second kappa shape index (κ2) is 8.29. The number of hydrogen-bond acceptors (Lipinski definition) is 6. The summed E-state index contributed by atoms with van der Waals surface area (Å²) in [4.78, 5) is 20.8. The molecule has 1 aromatic rings. The minimum atomic E-state index is -1.11. The number of aliphatic hydroxyl groups is 2. The van der Waals surface area contributed by atoms with Crippen LogP contribution in [0.25, 0.3) is 0 Å². The highest BCUT2D eigenvalue weighted by Gasteiger charge is 2.17. The highest BCUT2D eigenvalue weighted by Crippen LogP contribution is 2.27. The van der Waals surface area contributed by atoms with Gasteiger partial charge < -0.3 is 24.5 Å². The number of aliphatic hydroxyl groups excluding tert-OH is 2. The van der Waals surface area contributed by atoms with Gasteiger partial charge in [-0.15, -0.1) is 0 Å². The maximum atomic E-state index is 10.6. The second-order valence-corrected chi connectivity index (χ2v) is 4.22. The first-order chi connectivity index (χ1) is 9.62. The van der Waals surface area contributed by atoms with Crippen molar-refractivity contribution in [3.63, 3.8) is 0 Å². The van der Waals surface area contributed by atoms with E-state index in [0.29, 0.717) is 29.6 Å². The first-order valence-electron chi connectivity index (χ1n) is 6.18. The molecule has 0 amide bonds. The molecule has 0 saturated carbocycles. The van der Waals surface area contributed by atoms with E-state index in [4.69, 9.17) is 9.47 Å². The van der Waals surface area contributed by atoms with Crippen LogP contribution in [0.1, 0.15) is 23.2 Å². The molecular weight excluding hydrogens is 264 g/mol. The van der Waals surface area contributed by atoms with Crippen LogP contribution in [0.4, 0.5) is 0 Å². The van der Waals surface area contributed by atoms with E-state index in [1.165, 1.54) is 13.2 Å². The molecule has 110 valence electrons. The van der Waals surface area contributed by atoms with Crippen LogP contribution in [0.15, 0.2) is 18.2 Å². The van der Waals surface area contributed by atoms with Gasteiger partial charge in [0, 0.05) is 12.0 Å². The van der Waals surface area contributed by atoms with E-state index >= 15 is 0 Å². The monoisotopic (exact) mass is 282 g/mol. The summed E-state index contributed by atoms with van der Waals surface area (Å²) >= 11 is 0. The highest BCUT2D eigenvalue weighted by molar-refractivity contribution is 5.76. The van der Waals surface area contributed by atoms with Gasteiger partial charge in [0.25, 0.3) is 0 Å². The van der Waals surface area contributed by atoms with Crippen molar-refractivity contribution >= 4 is 12.6 Å². The van der Waals surface area contributed by atoms with Gasteiger partial charge in [0.1, 0.15) is 25.3 Å². The van der Waals surface area contributed by atoms with Crippen LogP contribution in [0.2, 0.25) is 0 Å². The molecule has 2 atom stereocenters. The molecule has 0 heterocycles. The van der Waals surface area contributed by atoms with Gasteiger partial charge in [0.05, 0.1) is 13.2 Å². The van der Waals surface area contributed by atoms with Crippen LogP contribution < -0.4 is 9.47 Å². The zero-order chi connectivity index (χ0) is 15.0. The average Bonchev–Trinajstić information content (AvgIpc) is 2.49. The lowest BCUT2D eigenvalue weighted by molar-refractivity contribution is -0.108. The van der Waals surface area contributed by atoms with Gasteiger partial charge in [-0.25, -0.2) is 0 Å². The topological polar surface area (TPSA) is 93.1 Å². The molecule has 0 aliphatic heterocycles. The highest BCUT2D eigenvalue weighted by atomic mass is 16.5. The smallest absolute Gasteiger partial charge is 0.161 e. The van der Waals surface area contributed by atoms with E-state index in [9.17, 15) is 19.8 Å². The summed E-state index contributed by atoms with van der Waals surface area (Å²) in [5.74, 6) is 0.726. The van der Waals surface area contributed by atoms with Crippen molar-refractivity contribution in [3.8, 4) is 11.5 Å². The molecule has 1 rings (SSSR count). The van der Waals surface area contributed by atoms with E-state index < -0.39 is 12.2 Å². The van der Waals surface area contributed by atoms with Crippen molar-refractivity contribution in [1.29, 1.82) is 0 Å². The predicted octanol–water partition coefficient (Wildman–Crippen LogP) is 0.587. The Morgan fingerprint density at radius 3 is 2.55 bits per heavy atom. The fourth-order valence-corrected chi connectivity index (χ4v) is 1.59. The van der Waals surface area contributed by atoms with E-state index in [-0.39, 0.29) is 19.4 Å². The third-order valence-corrected chi connectivity index (χ3v) is 2.76. The van der Waals surface area contributed by atoms with Crippen molar-refractivity contribution in [1.82, 2.24) is 0 Å². The van der Waals surface area contributed by atoms with Crippen LogP contribution in [-0.4, -0.2) is 48.7 Å². The largest absolute Gasteiger partial charge is 0.493 e. The molecule has 0 bridgehead atoms. The summed E-state index contributed by atoms with van der Waals surface area (Å²) in [5.41, 5.74) is 0.445. The maximum Gasteiger partial charge on any atom is 0.161 e. The standard InChI is InChI=1S/C14H18O6/c1-19-14-7-10(8-16)4-5-13(14)20-9-12(18)11(17)3-2-6-15/h4-8,11-12,17-18H,2-3,9H2,1H3. The van der Waals surface area contributed by atoms with E-state index in [0.717, 1.165) is 0 Å². The van der Waals surface area contributed by atoms with Crippen LogP contribution in [0.5, 0.6) is 11.5 Å². The number of benzene rings is 1. The maximum absolute atomic E-state index is 10.6. The van der Waals surface area contributed by atoms with Crippen molar-refractivity contribution in [2.45, 2.75) is 25.0 Å². The predicted molar refractivity (Wildman–Crippen MR) is 71.2 cm³/mol. The van der Waals surface area contributed by atoms with Gasteiger partial charge in [-0.05, 0) is 24.6 Å². The van der Waals surface area contributed by atoms with E-state index in [1.807, 2.05) is 0 Å². The summed E-state index contributed by atoms with van der Waals surface area (Å²) in [5, 5.41) is 19.3. The number of methoxy groups -OCH3 is 1. The molecule has 0 radical (unpaired) electrons. The van der Waals surface area contributed by atoms with E-state index in [2.05, 4.69) is 0 Å². The quantitative estimate of drug-likeness (QED) is 0.644. The molecule has 2 unspecified atom stereocenters. The summed E-state index contributed by atoms with van der Waals surface area (Å²) in [6, 6.07) is 4.62. The Morgan fingerprint density at radius 2 is 1.95 bits per heavy atom. The van der Waals surface area contributed by atoms with Crippen molar-refractivity contribution in [2.24, 2.45) is 0 Å². The number of ether oxygens (including phenoxy) is 2. The SMILES string of the molecule is COc1cc(C=O)ccc1OCC(O)C(O)CCC=O. The van der Waals surface area contributed by atoms with Gasteiger partial charge >= 0.3 is 0 Å². The number of rotatable bonds is 9. The van der Waals surface area contributed by atoms with Crippen LogP contribution >= 0.6 is 0 Å². The Kier molecular flexibility index (Phi) is 6.69. The Balaban J connectivity index is 2.60. The van der Waals surface area contributed by atoms with Crippen molar-refractivity contribution < 1.29 is 29.3 Å². The number of carbonyl (C=O) groups is 2. The molecule has 1 aromatic carbocycles. The minimum Gasteiger partial charge on any atom is -0.493 e. The lowest BCUT2D eigenvalue weighted by Crippen LogP contribution is -2.31. The first-order valence-corrected chi connectivity index (χ1v) is 6.18. The van der Waals surface area contributed by atoms with Crippen LogP contribution in [0, 0.1) is 0 Å². The summed E-state index contributed by atoms with van der Waals surface area (Å²) < 4.78 is 10.4. The normalized spacial score (nSPS) is 13.3. The van der Waals surface area contributed by atoms with E-state index in [1.54, 1.807) is 12.1 Å². The molecule has 0 aliphatic rings. The van der Waals surface area contributed by atoms with Crippen LogP contribution in [0.3, 0.4) is 0 Å². The summed E-state index contributed by atoms with van der Waals surface area (Å²) in [6.45, 7) is -0.142. The van der Waals surface area contributed by atoms with Gasteiger partial charge in [-0.3, -0.25) is 4.79 Å². The number of hydrogen-bond donors (Lipinski definition) is 2. The van der Waals surface area contributed by atoms with Crippen molar-refractivity contribution in [2.75, 3.05) is 13.7 Å². The fraction of sp³-hybridized carbons (Fsp3) is 0.429. The molecule has 0 aromatic heterocycles. The van der Waals surface area contributed by atoms with Crippen molar-refractivity contribution in [3.05, 3.63) is 23.8 Å². The van der Waals surface area contributed by atoms with Gasteiger partial charge in [-0.2, -0.15) is 0 Å². The van der Waals surface area contributed by atoms with Gasteiger partial charge in [-0.1, -0.05) is 0 Å². The first kappa shape index (κ1) is 16.1. The molecule has 0 saturated heterocycles. The molecule has 2 N–H and O–H groups in total. The fourth-order valence-electron chi connectivity index (χ4n) is 1.59. The molecular formula is C14H18O6. The second-order valence-electron chi connectivity index (χ2n) is 4.22. The Labute approximate surface area is 116 Å². The van der Waals surface area contributed by atoms with Gasteiger partial charge in [0.15, 0.2) is 11.5 Å².